The SMILES string of the molecule is COC(C)CN1CCC(CCN)CC1. The lowest BCUT2D eigenvalue weighted by Crippen LogP contribution is -2.38. The molecule has 0 radical (unpaired) electrons. The summed E-state index contributed by atoms with van der Waals surface area (Å²) in [4.78, 5) is 2.50. The van der Waals surface area contributed by atoms with E-state index >= 15 is 0 Å². The Morgan fingerprint density at radius 2 is 2.07 bits per heavy atom. The normalized spacial score (nSPS) is 22.5. The first-order valence-electron chi connectivity index (χ1n) is 5.71. The largest absolute Gasteiger partial charge is 0.380 e. The van der Waals surface area contributed by atoms with Crippen molar-refractivity contribution in [3.8, 4) is 0 Å². The van der Waals surface area contributed by atoms with Crippen molar-refractivity contribution in [3.05, 3.63) is 0 Å². The molecule has 3 nitrogen and oxygen atoms in total. The average Bonchev–Trinajstić information content (AvgIpc) is 2.21. The lowest BCUT2D eigenvalue weighted by Gasteiger charge is -2.33. The number of piperidine rings is 1. The van der Waals surface area contributed by atoms with Gasteiger partial charge in [0.2, 0.25) is 0 Å². The van der Waals surface area contributed by atoms with E-state index in [1.165, 1.54) is 32.4 Å². The Labute approximate surface area is 87.6 Å². The molecule has 1 rings (SSSR count). The van der Waals surface area contributed by atoms with Crippen LogP contribution in [0.25, 0.3) is 0 Å². The summed E-state index contributed by atoms with van der Waals surface area (Å²) in [7, 11) is 1.78. The predicted octanol–water partition coefficient (Wildman–Crippen LogP) is 1.08. The molecule has 0 aromatic carbocycles. The average molecular weight is 200 g/mol. The number of likely N-dealkylation sites (tertiary alicyclic amines) is 1. The molecule has 1 fully saturated rings. The van der Waals surface area contributed by atoms with Crippen molar-refractivity contribution in [2.45, 2.75) is 32.3 Å². The van der Waals surface area contributed by atoms with Gasteiger partial charge in [-0.2, -0.15) is 0 Å². The number of hydrogen-bond donors (Lipinski definition) is 1. The minimum atomic E-state index is 0.362. The highest BCUT2D eigenvalue weighted by Gasteiger charge is 2.19. The van der Waals surface area contributed by atoms with Crippen LogP contribution in [0.2, 0.25) is 0 Å². The topological polar surface area (TPSA) is 38.5 Å². The quantitative estimate of drug-likeness (QED) is 0.722. The molecular weight excluding hydrogens is 176 g/mol. The van der Waals surface area contributed by atoms with Gasteiger partial charge in [-0.1, -0.05) is 0 Å². The molecule has 0 spiro atoms. The van der Waals surface area contributed by atoms with Gasteiger partial charge in [0.05, 0.1) is 6.10 Å². The highest BCUT2D eigenvalue weighted by atomic mass is 16.5. The van der Waals surface area contributed by atoms with Gasteiger partial charge >= 0.3 is 0 Å². The number of nitrogens with zero attached hydrogens (tertiary/aromatic N) is 1. The molecule has 0 aromatic heterocycles. The number of methoxy groups -OCH3 is 1. The lowest BCUT2D eigenvalue weighted by molar-refractivity contribution is 0.0621. The summed E-state index contributed by atoms with van der Waals surface area (Å²) in [5.74, 6) is 0.870. The van der Waals surface area contributed by atoms with Crippen LogP contribution in [-0.4, -0.2) is 44.3 Å². The van der Waals surface area contributed by atoms with Crippen LogP contribution in [0, 0.1) is 5.92 Å². The van der Waals surface area contributed by atoms with Gasteiger partial charge in [-0.05, 0) is 51.7 Å². The van der Waals surface area contributed by atoms with Gasteiger partial charge in [0.25, 0.3) is 0 Å². The molecule has 1 saturated heterocycles. The number of hydrogen-bond acceptors (Lipinski definition) is 3. The van der Waals surface area contributed by atoms with Crippen LogP contribution >= 0.6 is 0 Å². The third kappa shape index (κ3) is 3.95. The van der Waals surface area contributed by atoms with Gasteiger partial charge in [-0.25, -0.2) is 0 Å². The van der Waals surface area contributed by atoms with Gasteiger partial charge < -0.3 is 15.4 Å². The smallest absolute Gasteiger partial charge is 0.0670 e. The van der Waals surface area contributed by atoms with E-state index in [-0.39, 0.29) is 0 Å². The molecule has 3 heteroatoms. The Bertz CT molecular complexity index is 144. The molecule has 1 heterocycles. The fourth-order valence-electron chi connectivity index (χ4n) is 2.13. The Hall–Kier alpha value is -0.120. The second-order valence-electron chi connectivity index (χ2n) is 4.37. The Morgan fingerprint density at radius 3 is 2.57 bits per heavy atom. The van der Waals surface area contributed by atoms with Crippen LogP contribution in [-0.2, 0) is 4.74 Å². The third-order valence-corrected chi connectivity index (χ3v) is 3.20. The molecule has 1 aliphatic rings. The van der Waals surface area contributed by atoms with Crippen LogP contribution in [0.1, 0.15) is 26.2 Å². The minimum absolute atomic E-state index is 0.362. The van der Waals surface area contributed by atoms with Crippen molar-refractivity contribution < 1.29 is 4.74 Å². The number of ether oxygens (including phenoxy) is 1. The second-order valence-corrected chi connectivity index (χ2v) is 4.37. The zero-order valence-corrected chi connectivity index (χ0v) is 9.54. The summed E-state index contributed by atoms with van der Waals surface area (Å²) in [6.45, 7) is 6.49. The molecule has 0 saturated carbocycles. The predicted molar refractivity (Wildman–Crippen MR) is 59.3 cm³/mol. The summed E-state index contributed by atoms with van der Waals surface area (Å²) in [5, 5.41) is 0. The van der Waals surface area contributed by atoms with E-state index in [2.05, 4.69) is 11.8 Å². The van der Waals surface area contributed by atoms with E-state index in [1.54, 1.807) is 7.11 Å². The summed E-state index contributed by atoms with van der Waals surface area (Å²) in [6, 6.07) is 0. The second kappa shape index (κ2) is 6.38. The molecule has 84 valence electrons. The van der Waals surface area contributed by atoms with Crippen molar-refractivity contribution in [1.29, 1.82) is 0 Å². The van der Waals surface area contributed by atoms with Crippen LogP contribution < -0.4 is 5.73 Å². The Balaban J connectivity index is 2.15. The minimum Gasteiger partial charge on any atom is -0.380 e. The van der Waals surface area contributed by atoms with Crippen LogP contribution in [0.4, 0.5) is 0 Å². The summed E-state index contributed by atoms with van der Waals surface area (Å²) in [5.41, 5.74) is 5.56. The van der Waals surface area contributed by atoms with Crippen LogP contribution in [0.15, 0.2) is 0 Å². The van der Waals surface area contributed by atoms with Gasteiger partial charge in [0, 0.05) is 13.7 Å². The first-order valence-corrected chi connectivity index (χ1v) is 5.71. The molecule has 0 aliphatic carbocycles. The fourth-order valence-corrected chi connectivity index (χ4v) is 2.13. The van der Waals surface area contributed by atoms with E-state index in [1.807, 2.05) is 0 Å². The lowest BCUT2D eigenvalue weighted by atomic mass is 9.93. The van der Waals surface area contributed by atoms with E-state index in [4.69, 9.17) is 10.5 Å². The number of nitrogens with two attached hydrogens (primary N) is 1. The van der Waals surface area contributed by atoms with Gasteiger partial charge in [-0.15, -0.1) is 0 Å². The molecule has 0 bridgehead atoms. The fraction of sp³-hybridized carbons (Fsp3) is 1.00. The van der Waals surface area contributed by atoms with Gasteiger partial charge in [0.1, 0.15) is 0 Å². The first kappa shape index (κ1) is 12.0. The molecule has 1 unspecified atom stereocenters. The van der Waals surface area contributed by atoms with E-state index < -0.39 is 0 Å². The van der Waals surface area contributed by atoms with Crippen molar-refractivity contribution in [1.82, 2.24) is 4.90 Å². The monoisotopic (exact) mass is 200 g/mol. The van der Waals surface area contributed by atoms with Crippen LogP contribution in [0.5, 0.6) is 0 Å². The zero-order chi connectivity index (χ0) is 10.4. The maximum absolute atomic E-state index is 5.56. The summed E-state index contributed by atoms with van der Waals surface area (Å²) < 4.78 is 5.27. The maximum atomic E-state index is 5.56. The standard InChI is InChI=1S/C11H24N2O/c1-10(14-2)9-13-7-4-11(3-6-12)5-8-13/h10-11H,3-9,12H2,1-2H3. The van der Waals surface area contributed by atoms with E-state index in [9.17, 15) is 0 Å². The summed E-state index contributed by atoms with van der Waals surface area (Å²) >= 11 is 0. The summed E-state index contributed by atoms with van der Waals surface area (Å²) in [6.07, 6.45) is 4.19. The van der Waals surface area contributed by atoms with Gasteiger partial charge in [-0.3, -0.25) is 0 Å². The Morgan fingerprint density at radius 1 is 1.43 bits per heavy atom. The highest BCUT2D eigenvalue weighted by Crippen LogP contribution is 2.19. The van der Waals surface area contributed by atoms with Crippen molar-refractivity contribution >= 4 is 0 Å². The van der Waals surface area contributed by atoms with Crippen molar-refractivity contribution in [2.75, 3.05) is 33.3 Å². The van der Waals surface area contributed by atoms with Crippen molar-refractivity contribution in [2.24, 2.45) is 11.7 Å². The van der Waals surface area contributed by atoms with Crippen LogP contribution in [0.3, 0.4) is 0 Å². The maximum Gasteiger partial charge on any atom is 0.0670 e. The first-order chi connectivity index (χ1) is 6.76. The Kier molecular flexibility index (Phi) is 5.45. The molecular formula is C11H24N2O. The highest BCUT2D eigenvalue weighted by molar-refractivity contribution is 4.73. The molecule has 1 aliphatic heterocycles. The molecule has 0 aromatic rings. The zero-order valence-electron chi connectivity index (χ0n) is 9.54. The van der Waals surface area contributed by atoms with E-state index in [0.29, 0.717) is 6.10 Å². The van der Waals surface area contributed by atoms with Crippen molar-refractivity contribution in [3.63, 3.8) is 0 Å². The third-order valence-electron chi connectivity index (χ3n) is 3.20. The molecule has 14 heavy (non-hydrogen) atoms. The molecule has 0 amide bonds. The number of rotatable bonds is 5. The van der Waals surface area contributed by atoms with E-state index in [0.717, 1.165) is 19.0 Å². The molecule has 1 atom stereocenters. The van der Waals surface area contributed by atoms with Gasteiger partial charge in [0.15, 0.2) is 0 Å². The molecule has 2 N–H and O–H groups in total.